The van der Waals surface area contributed by atoms with Crippen molar-refractivity contribution in [3.63, 3.8) is 0 Å². The van der Waals surface area contributed by atoms with Gasteiger partial charge in [0.15, 0.2) is 11.5 Å². The second kappa shape index (κ2) is 15.1. The largest absolute Gasteiger partial charge is 0.462 e. The van der Waals surface area contributed by atoms with Crippen LogP contribution >= 0.6 is 69.6 Å². The molecule has 262 valence electrons. The van der Waals surface area contributed by atoms with E-state index in [2.05, 4.69) is 41.5 Å². The lowest BCUT2D eigenvalue weighted by Crippen LogP contribution is -2.27. The molecule has 2 aliphatic rings. The maximum absolute atomic E-state index is 13.2. The van der Waals surface area contributed by atoms with Gasteiger partial charge in [-0.25, -0.2) is 19.2 Å². The lowest BCUT2D eigenvalue weighted by molar-refractivity contribution is -0.156. The number of halogens is 6. The Hall–Kier alpha value is -1.94. The summed E-state index contributed by atoms with van der Waals surface area (Å²) < 4.78 is 21.4. The number of benzene rings is 2. The Morgan fingerprint density at radius 2 is 0.917 bits per heavy atom. The third-order valence-corrected chi connectivity index (χ3v) is 10.1. The normalized spacial score (nSPS) is 20.2. The molecule has 0 spiro atoms. The summed E-state index contributed by atoms with van der Waals surface area (Å²) >= 11 is 37.5. The van der Waals surface area contributed by atoms with Crippen LogP contribution in [0.2, 0.25) is 30.1 Å². The number of carbonyl (C=O) groups excluding carboxylic acids is 4. The van der Waals surface area contributed by atoms with Gasteiger partial charge >= 0.3 is 23.9 Å². The molecular weight excluding hydrogens is 749 g/mol. The number of rotatable bonds is 10. The molecule has 48 heavy (non-hydrogen) atoms. The predicted octanol–water partition coefficient (Wildman–Crippen LogP) is 10.6. The molecule has 4 atom stereocenters. The van der Waals surface area contributed by atoms with E-state index in [1.54, 1.807) is 0 Å². The number of esters is 4. The van der Waals surface area contributed by atoms with Gasteiger partial charge in [-0.1, -0.05) is 111 Å². The van der Waals surface area contributed by atoms with Gasteiger partial charge < -0.3 is 18.9 Å². The molecule has 0 N–H and O–H groups in total. The van der Waals surface area contributed by atoms with Gasteiger partial charge in [-0.2, -0.15) is 0 Å². The predicted molar refractivity (Wildman–Crippen MR) is 186 cm³/mol. The van der Waals surface area contributed by atoms with Crippen LogP contribution in [-0.2, 0) is 19.1 Å². The summed E-state index contributed by atoms with van der Waals surface area (Å²) in [6, 6.07) is 2.26. The summed E-state index contributed by atoms with van der Waals surface area (Å²) in [5.41, 5.74) is -0.661. The minimum Gasteiger partial charge on any atom is -0.462 e. The number of ether oxygens (including phenoxy) is 4. The van der Waals surface area contributed by atoms with E-state index in [1.807, 2.05) is 0 Å². The highest BCUT2D eigenvalue weighted by atomic mass is 35.5. The van der Waals surface area contributed by atoms with Crippen LogP contribution in [0.15, 0.2) is 12.1 Å². The summed E-state index contributed by atoms with van der Waals surface area (Å²) in [7, 11) is 0. The molecule has 2 saturated carbocycles. The molecule has 0 saturated heterocycles. The molecule has 0 bridgehead atoms. The lowest BCUT2D eigenvalue weighted by Gasteiger charge is -2.18. The molecule has 2 fully saturated rings. The first-order valence-corrected chi connectivity index (χ1v) is 17.6. The van der Waals surface area contributed by atoms with Crippen LogP contribution in [0.25, 0.3) is 0 Å². The number of hydrogen-bond acceptors (Lipinski definition) is 8. The van der Waals surface area contributed by atoms with Crippen molar-refractivity contribution < 1.29 is 38.1 Å². The van der Waals surface area contributed by atoms with Crippen molar-refractivity contribution in [2.45, 2.75) is 67.2 Å². The highest BCUT2D eigenvalue weighted by molar-refractivity contribution is 6.47. The highest BCUT2D eigenvalue weighted by Crippen LogP contribution is 2.48. The standard InChI is InChI=1S/C34H36Cl6O8/c1-33(2,3)11-15-7-17(15)13-45-29(41)23-25(39)19(35)9-21(37)27(23)47-31(43)32(44)48-28-22(38)10-20(36)26(40)24(28)30(42)46-14-18-8-16(18)12-34(4,5)6/h9-10,15-18H,7-8,11-14H2,1-6H3. The Balaban J connectivity index is 1.48. The van der Waals surface area contributed by atoms with Gasteiger partial charge in [0.25, 0.3) is 0 Å². The lowest BCUT2D eigenvalue weighted by atomic mass is 9.89. The molecular formula is C34H36Cl6O8. The van der Waals surface area contributed by atoms with Crippen molar-refractivity contribution in [1.29, 1.82) is 0 Å². The first-order valence-electron chi connectivity index (χ1n) is 15.3. The number of carbonyl (C=O) groups is 4. The van der Waals surface area contributed by atoms with Gasteiger partial charge in [0.1, 0.15) is 11.1 Å². The minimum atomic E-state index is -1.64. The summed E-state index contributed by atoms with van der Waals surface area (Å²) in [4.78, 5) is 52.3. The molecule has 4 unspecified atom stereocenters. The Bertz CT molecular complexity index is 1510. The van der Waals surface area contributed by atoms with Gasteiger partial charge in [-0.05, 0) is 72.3 Å². The van der Waals surface area contributed by atoms with Crippen LogP contribution < -0.4 is 9.47 Å². The quantitative estimate of drug-likeness (QED) is 0.101. The van der Waals surface area contributed by atoms with Crippen LogP contribution in [0.3, 0.4) is 0 Å². The Kier molecular flexibility index (Phi) is 12.2. The topological polar surface area (TPSA) is 105 Å². The molecule has 2 aliphatic carbocycles. The molecule has 0 radical (unpaired) electrons. The van der Waals surface area contributed by atoms with E-state index in [0.717, 1.165) is 37.8 Å². The van der Waals surface area contributed by atoms with Gasteiger partial charge in [0.2, 0.25) is 0 Å². The zero-order valence-electron chi connectivity index (χ0n) is 27.2. The Morgan fingerprint density at radius 3 is 1.23 bits per heavy atom. The summed E-state index contributed by atoms with van der Waals surface area (Å²) in [6.45, 7) is 13.0. The molecule has 0 aromatic heterocycles. The van der Waals surface area contributed by atoms with Crippen molar-refractivity contribution in [2.24, 2.45) is 34.5 Å². The van der Waals surface area contributed by atoms with E-state index < -0.39 is 46.5 Å². The van der Waals surface area contributed by atoms with Crippen LogP contribution in [-0.4, -0.2) is 37.1 Å². The van der Waals surface area contributed by atoms with E-state index in [9.17, 15) is 19.2 Å². The number of hydrogen-bond donors (Lipinski definition) is 0. The first kappa shape index (κ1) is 38.9. The second-order valence-corrected chi connectivity index (χ2v) is 17.1. The molecule has 4 rings (SSSR count). The van der Waals surface area contributed by atoms with E-state index in [4.69, 9.17) is 88.6 Å². The maximum atomic E-state index is 13.2. The highest BCUT2D eigenvalue weighted by Gasteiger charge is 2.42. The van der Waals surface area contributed by atoms with E-state index >= 15 is 0 Å². The fourth-order valence-corrected chi connectivity index (χ4v) is 7.04. The van der Waals surface area contributed by atoms with Crippen molar-refractivity contribution in [3.05, 3.63) is 53.4 Å². The summed E-state index contributed by atoms with van der Waals surface area (Å²) in [5, 5.41) is -1.46. The fraction of sp³-hybridized carbons (Fsp3) is 0.529. The third-order valence-electron chi connectivity index (χ3n) is 7.96. The fourth-order valence-electron chi connectivity index (χ4n) is 5.60. The van der Waals surface area contributed by atoms with Crippen molar-refractivity contribution in [1.82, 2.24) is 0 Å². The molecule has 14 heteroatoms. The maximum Gasteiger partial charge on any atom is 0.423 e. The van der Waals surface area contributed by atoms with Crippen molar-refractivity contribution in [3.8, 4) is 11.5 Å². The Morgan fingerprint density at radius 1 is 0.583 bits per heavy atom. The van der Waals surface area contributed by atoms with E-state index in [-0.39, 0.29) is 66.0 Å². The monoisotopic (exact) mass is 782 g/mol. The van der Waals surface area contributed by atoms with E-state index in [1.165, 1.54) is 0 Å². The summed E-state index contributed by atoms with van der Waals surface area (Å²) in [5.74, 6) is -5.22. The first-order chi connectivity index (χ1) is 22.2. The molecule has 8 nitrogen and oxygen atoms in total. The van der Waals surface area contributed by atoms with E-state index in [0.29, 0.717) is 11.8 Å². The second-order valence-electron chi connectivity index (χ2n) is 14.7. The van der Waals surface area contributed by atoms with Crippen LogP contribution in [0, 0.1) is 34.5 Å². The third kappa shape index (κ3) is 10.1. The SMILES string of the molecule is CC(C)(C)CC1CC1COC(=O)c1c(Cl)c(Cl)cc(Cl)c1OC(=O)C(=O)Oc1c(Cl)cc(Cl)c(Cl)c1C(=O)OCC1CC1CC(C)(C)C. The van der Waals surface area contributed by atoms with Gasteiger partial charge in [0.05, 0.1) is 43.3 Å². The molecule has 2 aromatic rings. The minimum absolute atomic E-state index is 0.0994. The average molecular weight is 785 g/mol. The Labute approximate surface area is 309 Å². The van der Waals surface area contributed by atoms with Gasteiger partial charge in [0, 0.05) is 0 Å². The van der Waals surface area contributed by atoms with Gasteiger partial charge in [-0.15, -0.1) is 0 Å². The van der Waals surface area contributed by atoms with Crippen molar-refractivity contribution in [2.75, 3.05) is 13.2 Å². The zero-order valence-corrected chi connectivity index (χ0v) is 31.8. The molecule has 2 aromatic carbocycles. The molecule has 0 aliphatic heterocycles. The van der Waals surface area contributed by atoms with Gasteiger partial charge in [-0.3, -0.25) is 0 Å². The molecule has 0 amide bonds. The average Bonchev–Trinajstić information content (AvgIpc) is 3.87. The summed E-state index contributed by atoms with van der Waals surface area (Å²) in [6.07, 6.45) is 3.72. The van der Waals surface area contributed by atoms with Crippen LogP contribution in [0.4, 0.5) is 0 Å². The van der Waals surface area contributed by atoms with Crippen LogP contribution in [0.1, 0.15) is 87.9 Å². The molecule has 0 heterocycles. The smallest absolute Gasteiger partial charge is 0.423 e. The zero-order chi connectivity index (χ0) is 35.9. The van der Waals surface area contributed by atoms with Crippen molar-refractivity contribution >= 4 is 93.5 Å². The van der Waals surface area contributed by atoms with Crippen LogP contribution in [0.5, 0.6) is 11.5 Å².